The van der Waals surface area contributed by atoms with Crippen LogP contribution in [0, 0.1) is 0 Å². The quantitative estimate of drug-likeness (QED) is 0.688. The zero-order chi connectivity index (χ0) is 19.7. The fourth-order valence-corrected chi connectivity index (χ4v) is 5.68. The molecule has 1 fully saturated rings. The number of carbonyl (C=O) groups is 1. The molecule has 1 saturated heterocycles. The molecule has 0 radical (unpaired) electrons. The van der Waals surface area contributed by atoms with Crippen molar-refractivity contribution in [2.75, 3.05) is 23.9 Å². The van der Waals surface area contributed by atoms with Crippen LogP contribution >= 0.6 is 11.3 Å². The SMILES string of the molecule is COc1cccc(NC(=O)c2cc(-c3cccs3)n([C@H]3CCS(=O)(=O)C3)n2)c1. The van der Waals surface area contributed by atoms with Gasteiger partial charge >= 0.3 is 0 Å². The molecular formula is C19H19N3O4S2. The number of nitrogens with one attached hydrogen (secondary N) is 1. The highest BCUT2D eigenvalue weighted by Crippen LogP contribution is 2.32. The van der Waals surface area contributed by atoms with E-state index in [4.69, 9.17) is 4.74 Å². The van der Waals surface area contributed by atoms with E-state index in [-0.39, 0.29) is 29.1 Å². The molecule has 9 heteroatoms. The van der Waals surface area contributed by atoms with Gasteiger partial charge in [-0.25, -0.2) is 8.42 Å². The Labute approximate surface area is 166 Å². The minimum atomic E-state index is -3.07. The number of thiophene rings is 1. The third-order valence-electron chi connectivity index (χ3n) is 4.62. The number of sulfone groups is 1. The normalized spacial score (nSPS) is 18.1. The van der Waals surface area contributed by atoms with Crippen molar-refractivity contribution in [1.82, 2.24) is 9.78 Å². The minimum absolute atomic E-state index is 0.0456. The topological polar surface area (TPSA) is 90.3 Å². The van der Waals surface area contributed by atoms with Crippen molar-refractivity contribution in [3.63, 3.8) is 0 Å². The molecule has 1 aliphatic rings. The number of anilines is 1. The summed E-state index contributed by atoms with van der Waals surface area (Å²) >= 11 is 1.52. The first-order chi connectivity index (χ1) is 13.4. The van der Waals surface area contributed by atoms with E-state index in [1.807, 2.05) is 17.5 Å². The number of hydrogen-bond acceptors (Lipinski definition) is 6. The van der Waals surface area contributed by atoms with Crippen molar-refractivity contribution in [3.05, 3.63) is 53.5 Å². The number of aromatic nitrogens is 2. The first kappa shape index (κ1) is 18.7. The summed E-state index contributed by atoms with van der Waals surface area (Å²) in [5.74, 6) is 0.473. The molecular weight excluding hydrogens is 398 g/mol. The van der Waals surface area contributed by atoms with Gasteiger partial charge in [-0.15, -0.1) is 11.3 Å². The van der Waals surface area contributed by atoms with E-state index in [1.54, 1.807) is 42.1 Å². The monoisotopic (exact) mass is 417 g/mol. The molecule has 0 unspecified atom stereocenters. The lowest BCUT2D eigenvalue weighted by molar-refractivity contribution is 0.102. The fourth-order valence-electron chi connectivity index (χ4n) is 3.26. The molecule has 1 N–H and O–H groups in total. The van der Waals surface area contributed by atoms with Crippen LogP contribution in [0.2, 0.25) is 0 Å². The third kappa shape index (κ3) is 3.81. The Balaban J connectivity index is 1.66. The zero-order valence-electron chi connectivity index (χ0n) is 15.2. The largest absolute Gasteiger partial charge is 0.497 e. The van der Waals surface area contributed by atoms with Crippen LogP contribution in [0.25, 0.3) is 10.6 Å². The summed E-state index contributed by atoms with van der Waals surface area (Å²) < 4.78 is 30.7. The molecule has 0 aliphatic carbocycles. The summed E-state index contributed by atoms with van der Waals surface area (Å²) in [5.41, 5.74) is 1.60. The van der Waals surface area contributed by atoms with Gasteiger partial charge in [0.2, 0.25) is 0 Å². The maximum Gasteiger partial charge on any atom is 0.276 e. The summed E-state index contributed by atoms with van der Waals surface area (Å²) in [6.07, 6.45) is 0.499. The van der Waals surface area contributed by atoms with Crippen LogP contribution in [-0.4, -0.2) is 42.7 Å². The van der Waals surface area contributed by atoms with Gasteiger partial charge in [0, 0.05) is 11.8 Å². The van der Waals surface area contributed by atoms with Gasteiger partial charge in [0.05, 0.1) is 35.2 Å². The summed E-state index contributed by atoms with van der Waals surface area (Å²) in [6, 6.07) is 12.4. The molecule has 0 bridgehead atoms. The number of methoxy groups -OCH3 is 1. The van der Waals surface area contributed by atoms with Crippen molar-refractivity contribution in [2.45, 2.75) is 12.5 Å². The molecule has 4 rings (SSSR count). The van der Waals surface area contributed by atoms with Crippen LogP contribution < -0.4 is 10.1 Å². The highest BCUT2D eigenvalue weighted by Gasteiger charge is 2.32. The standard InChI is InChI=1S/C19H19N3O4S2/c1-26-15-5-2-4-13(10-15)20-19(23)16-11-17(18-6-3-8-27-18)22(21-16)14-7-9-28(24,25)12-14/h2-6,8,10-11,14H,7,9,12H2,1H3,(H,20,23)/t14-/m0/s1. The van der Waals surface area contributed by atoms with E-state index in [2.05, 4.69) is 10.4 Å². The van der Waals surface area contributed by atoms with Crippen LogP contribution in [-0.2, 0) is 9.84 Å². The zero-order valence-corrected chi connectivity index (χ0v) is 16.8. The highest BCUT2D eigenvalue weighted by molar-refractivity contribution is 7.91. The van der Waals surface area contributed by atoms with Crippen molar-refractivity contribution in [1.29, 1.82) is 0 Å². The average Bonchev–Trinajstić information content (AvgIpc) is 3.40. The van der Waals surface area contributed by atoms with E-state index in [9.17, 15) is 13.2 Å². The predicted molar refractivity (Wildman–Crippen MR) is 109 cm³/mol. The number of rotatable bonds is 5. The molecule has 1 amide bonds. The molecule has 1 aliphatic heterocycles. The van der Waals surface area contributed by atoms with Crippen LogP contribution in [0.5, 0.6) is 5.75 Å². The van der Waals surface area contributed by atoms with Gasteiger partial charge in [0.15, 0.2) is 15.5 Å². The molecule has 7 nitrogen and oxygen atoms in total. The lowest BCUT2D eigenvalue weighted by Crippen LogP contribution is -2.16. The average molecular weight is 418 g/mol. The summed E-state index contributed by atoms with van der Waals surface area (Å²) in [5, 5.41) is 9.22. The van der Waals surface area contributed by atoms with Crippen LogP contribution in [0.4, 0.5) is 5.69 Å². The summed E-state index contributed by atoms with van der Waals surface area (Å²) in [4.78, 5) is 13.7. The van der Waals surface area contributed by atoms with Crippen LogP contribution in [0.15, 0.2) is 47.8 Å². The van der Waals surface area contributed by atoms with E-state index in [1.165, 1.54) is 11.3 Å². The number of carbonyl (C=O) groups excluding carboxylic acids is 1. The number of ether oxygens (including phenoxy) is 1. The summed E-state index contributed by atoms with van der Waals surface area (Å²) in [6.45, 7) is 0. The predicted octanol–water partition coefficient (Wildman–Crippen LogP) is 3.23. The summed E-state index contributed by atoms with van der Waals surface area (Å²) in [7, 11) is -1.51. The molecule has 3 heterocycles. The Morgan fingerprint density at radius 2 is 2.14 bits per heavy atom. The molecule has 1 aromatic carbocycles. The number of amides is 1. The fraction of sp³-hybridized carbons (Fsp3) is 0.263. The molecule has 3 aromatic rings. The molecule has 2 aromatic heterocycles. The van der Waals surface area contributed by atoms with E-state index in [0.29, 0.717) is 17.9 Å². The minimum Gasteiger partial charge on any atom is -0.497 e. The van der Waals surface area contributed by atoms with E-state index < -0.39 is 9.84 Å². The second-order valence-corrected chi connectivity index (χ2v) is 9.76. The van der Waals surface area contributed by atoms with Gasteiger partial charge in [-0.2, -0.15) is 5.10 Å². The van der Waals surface area contributed by atoms with Gasteiger partial charge in [-0.05, 0) is 36.1 Å². The third-order valence-corrected chi connectivity index (χ3v) is 7.27. The first-order valence-corrected chi connectivity index (χ1v) is 11.4. The van der Waals surface area contributed by atoms with Gasteiger partial charge in [-0.1, -0.05) is 12.1 Å². The Morgan fingerprint density at radius 3 is 2.82 bits per heavy atom. The van der Waals surface area contributed by atoms with Crippen molar-refractivity contribution >= 4 is 32.8 Å². The van der Waals surface area contributed by atoms with Crippen molar-refractivity contribution in [2.24, 2.45) is 0 Å². The second-order valence-electron chi connectivity index (χ2n) is 6.58. The Bertz CT molecular complexity index is 1100. The highest BCUT2D eigenvalue weighted by atomic mass is 32.2. The van der Waals surface area contributed by atoms with E-state index >= 15 is 0 Å². The molecule has 0 saturated carbocycles. The molecule has 0 spiro atoms. The lowest BCUT2D eigenvalue weighted by atomic mass is 10.2. The number of benzene rings is 1. The smallest absolute Gasteiger partial charge is 0.276 e. The van der Waals surface area contributed by atoms with Crippen LogP contribution in [0.1, 0.15) is 23.0 Å². The van der Waals surface area contributed by atoms with Crippen LogP contribution in [0.3, 0.4) is 0 Å². The number of hydrogen-bond donors (Lipinski definition) is 1. The Kier molecular flexibility index (Phi) is 4.94. The Morgan fingerprint density at radius 1 is 1.29 bits per heavy atom. The maximum atomic E-state index is 12.7. The second kappa shape index (κ2) is 7.40. The lowest BCUT2D eigenvalue weighted by Gasteiger charge is -2.12. The Hall–Kier alpha value is -2.65. The molecule has 146 valence electrons. The van der Waals surface area contributed by atoms with Gasteiger partial charge in [0.25, 0.3) is 5.91 Å². The van der Waals surface area contributed by atoms with Gasteiger partial charge < -0.3 is 10.1 Å². The van der Waals surface area contributed by atoms with Crippen molar-refractivity contribution in [3.8, 4) is 16.3 Å². The molecule has 28 heavy (non-hydrogen) atoms. The van der Waals surface area contributed by atoms with E-state index in [0.717, 1.165) is 10.6 Å². The van der Waals surface area contributed by atoms with Gasteiger partial charge in [0.1, 0.15) is 5.75 Å². The number of nitrogens with zero attached hydrogens (tertiary/aromatic N) is 2. The maximum absolute atomic E-state index is 12.7. The molecule has 1 atom stereocenters. The van der Waals surface area contributed by atoms with Crippen molar-refractivity contribution < 1.29 is 17.9 Å². The van der Waals surface area contributed by atoms with Gasteiger partial charge in [-0.3, -0.25) is 9.48 Å². The first-order valence-electron chi connectivity index (χ1n) is 8.74.